The van der Waals surface area contributed by atoms with Crippen molar-refractivity contribution in [3.63, 3.8) is 0 Å². The second-order valence-electron chi connectivity index (χ2n) is 10.2. The van der Waals surface area contributed by atoms with Gasteiger partial charge in [-0.25, -0.2) is 4.90 Å². The zero-order valence-electron chi connectivity index (χ0n) is 21.8. The van der Waals surface area contributed by atoms with Gasteiger partial charge in [0.15, 0.2) is 5.78 Å². The summed E-state index contributed by atoms with van der Waals surface area (Å²) in [6, 6.07) is 18.3. The van der Waals surface area contributed by atoms with E-state index in [0.29, 0.717) is 18.0 Å². The van der Waals surface area contributed by atoms with Crippen LogP contribution in [0.25, 0.3) is 6.08 Å². The summed E-state index contributed by atoms with van der Waals surface area (Å²) in [4.78, 5) is 55.9. The number of non-ortho nitro benzene ring substituents is 1. The molecule has 3 aliphatic heterocycles. The molecule has 0 unspecified atom stereocenters. The summed E-state index contributed by atoms with van der Waals surface area (Å²) < 4.78 is 5.72. The maximum Gasteiger partial charge on any atom is 0.270 e. The summed E-state index contributed by atoms with van der Waals surface area (Å²) in [5, 5.41) is 11.4. The smallest absolute Gasteiger partial charge is 0.270 e. The van der Waals surface area contributed by atoms with Crippen LogP contribution in [0, 0.1) is 22.0 Å². The zero-order chi connectivity index (χ0) is 28.0. The maximum absolute atomic E-state index is 14.1. The minimum absolute atomic E-state index is 0.123. The number of hydrogen-bond donors (Lipinski definition) is 0. The maximum atomic E-state index is 14.1. The number of rotatable bonds is 8. The Bertz CT molecular complexity index is 1550. The van der Waals surface area contributed by atoms with Crippen molar-refractivity contribution in [3.05, 3.63) is 100 Å². The minimum Gasteiger partial charge on any atom is -0.494 e. The highest BCUT2D eigenvalue weighted by Crippen LogP contribution is 2.50. The molecule has 202 valence electrons. The molecule has 4 atom stereocenters. The molecule has 9 nitrogen and oxygen atoms in total. The predicted molar refractivity (Wildman–Crippen MR) is 149 cm³/mol. The normalized spacial score (nSPS) is 22.6. The third-order valence-electron chi connectivity index (χ3n) is 7.89. The van der Waals surface area contributed by atoms with Crippen molar-refractivity contribution < 1.29 is 24.0 Å². The van der Waals surface area contributed by atoms with E-state index in [2.05, 4.69) is 6.92 Å². The van der Waals surface area contributed by atoms with Crippen LogP contribution in [-0.4, -0.2) is 41.2 Å². The van der Waals surface area contributed by atoms with Gasteiger partial charge < -0.3 is 9.64 Å². The van der Waals surface area contributed by atoms with Crippen LogP contribution in [-0.2, 0) is 9.59 Å². The summed E-state index contributed by atoms with van der Waals surface area (Å²) in [7, 11) is 0. The first-order chi connectivity index (χ1) is 19.4. The summed E-state index contributed by atoms with van der Waals surface area (Å²) in [6.07, 6.45) is 5.71. The fourth-order valence-electron chi connectivity index (χ4n) is 6.04. The van der Waals surface area contributed by atoms with E-state index in [1.165, 1.54) is 29.2 Å². The number of para-hydroxylation sites is 1. The number of hydrogen-bond acceptors (Lipinski definition) is 7. The number of nitro benzene ring substituents is 1. The quantitative estimate of drug-likeness (QED) is 0.130. The molecule has 0 bridgehead atoms. The second kappa shape index (κ2) is 10.1. The molecule has 2 fully saturated rings. The Morgan fingerprint density at radius 2 is 1.73 bits per heavy atom. The highest BCUT2D eigenvalue weighted by molar-refractivity contribution is 6.25. The van der Waals surface area contributed by atoms with Crippen molar-refractivity contribution in [1.29, 1.82) is 0 Å². The second-order valence-corrected chi connectivity index (χ2v) is 10.2. The molecular formula is C31H27N3O6. The van der Waals surface area contributed by atoms with Crippen LogP contribution in [0.4, 0.5) is 17.1 Å². The Morgan fingerprint density at radius 3 is 2.48 bits per heavy atom. The lowest BCUT2D eigenvalue weighted by Crippen LogP contribution is -2.48. The molecule has 0 spiro atoms. The highest BCUT2D eigenvalue weighted by Gasteiger charge is 2.64. The SMILES string of the molecule is CCCCOc1ccc(N2C(=O)[C@@H]3[C@H](C2=O)[C@@H](C(=O)c2cccc([N+](=O)[O-])c2)N2c4ccccc4C=C[C@H]32)cc1. The standard InChI is InChI=1S/C31H27N3O6/c1-2-3-17-40-23-14-12-21(13-15-23)32-30(36)26-25-16-11-19-7-4-5-10-24(19)33(25)28(27(26)31(32)37)29(35)20-8-6-9-22(18-20)34(38)39/h4-16,18,25-28H,2-3,17H2,1H3/t25-,26+,27+,28+/m1/s1. The summed E-state index contributed by atoms with van der Waals surface area (Å²) in [5.74, 6) is -2.37. The van der Waals surface area contributed by atoms with Crippen LogP contribution in [0.1, 0.15) is 35.7 Å². The number of fused-ring (bicyclic) bond motifs is 5. The topological polar surface area (TPSA) is 110 Å². The molecule has 3 heterocycles. The number of anilines is 2. The molecule has 40 heavy (non-hydrogen) atoms. The van der Waals surface area contributed by atoms with Crippen molar-refractivity contribution in [3.8, 4) is 5.75 Å². The van der Waals surface area contributed by atoms with Gasteiger partial charge in [0.25, 0.3) is 5.69 Å². The van der Waals surface area contributed by atoms with Crippen molar-refractivity contribution >= 4 is 40.7 Å². The van der Waals surface area contributed by atoms with Gasteiger partial charge in [0.2, 0.25) is 11.8 Å². The Labute approximate surface area is 230 Å². The molecule has 2 saturated heterocycles. The fourth-order valence-corrected chi connectivity index (χ4v) is 6.04. The van der Waals surface area contributed by atoms with E-state index in [0.717, 1.165) is 24.1 Å². The molecule has 0 aromatic heterocycles. The van der Waals surface area contributed by atoms with Gasteiger partial charge in [-0.05, 0) is 42.3 Å². The van der Waals surface area contributed by atoms with E-state index < -0.39 is 40.5 Å². The van der Waals surface area contributed by atoms with Crippen LogP contribution < -0.4 is 14.5 Å². The van der Waals surface area contributed by atoms with E-state index in [1.54, 1.807) is 24.3 Å². The number of Topliss-reactive ketones (excluding diaryl/α,β-unsaturated/α-hetero) is 1. The number of ether oxygens (including phenoxy) is 1. The molecular weight excluding hydrogens is 510 g/mol. The monoisotopic (exact) mass is 537 g/mol. The lowest BCUT2D eigenvalue weighted by atomic mass is 9.86. The third kappa shape index (κ3) is 4.05. The van der Waals surface area contributed by atoms with Gasteiger partial charge in [-0.15, -0.1) is 0 Å². The number of amides is 2. The van der Waals surface area contributed by atoms with E-state index in [4.69, 9.17) is 4.74 Å². The fraction of sp³-hybridized carbons (Fsp3) is 0.258. The van der Waals surface area contributed by atoms with E-state index in [9.17, 15) is 24.5 Å². The number of imide groups is 1. The Balaban J connectivity index is 1.40. The molecule has 3 aromatic carbocycles. The van der Waals surface area contributed by atoms with Crippen molar-refractivity contribution in [1.82, 2.24) is 0 Å². The number of carbonyl (C=O) groups excluding carboxylic acids is 3. The van der Waals surface area contributed by atoms with Crippen LogP contribution >= 0.6 is 0 Å². The summed E-state index contributed by atoms with van der Waals surface area (Å²) >= 11 is 0. The predicted octanol–water partition coefficient (Wildman–Crippen LogP) is 5.05. The Morgan fingerprint density at radius 1 is 0.975 bits per heavy atom. The van der Waals surface area contributed by atoms with Crippen molar-refractivity contribution in [2.75, 3.05) is 16.4 Å². The number of benzene rings is 3. The van der Waals surface area contributed by atoms with Gasteiger partial charge in [-0.2, -0.15) is 0 Å². The lowest BCUT2D eigenvalue weighted by molar-refractivity contribution is -0.384. The molecule has 0 radical (unpaired) electrons. The highest BCUT2D eigenvalue weighted by atomic mass is 16.6. The number of nitro groups is 1. The summed E-state index contributed by atoms with van der Waals surface area (Å²) in [5.41, 5.74) is 1.94. The minimum atomic E-state index is -1.01. The average molecular weight is 538 g/mol. The van der Waals surface area contributed by atoms with Gasteiger partial charge in [0.1, 0.15) is 11.8 Å². The molecule has 9 heteroatoms. The number of ketones is 1. The van der Waals surface area contributed by atoms with Gasteiger partial charge in [0.05, 0.1) is 35.1 Å². The Hall–Kier alpha value is -4.79. The molecule has 0 N–H and O–H groups in total. The van der Waals surface area contributed by atoms with Crippen LogP contribution in [0.15, 0.2) is 78.9 Å². The number of carbonyl (C=O) groups is 3. The van der Waals surface area contributed by atoms with Gasteiger partial charge in [-0.1, -0.05) is 55.8 Å². The first-order valence-corrected chi connectivity index (χ1v) is 13.4. The van der Waals surface area contributed by atoms with Crippen molar-refractivity contribution in [2.45, 2.75) is 31.8 Å². The van der Waals surface area contributed by atoms with E-state index >= 15 is 0 Å². The van der Waals surface area contributed by atoms with Crippen LogP contribution in [0.5, 0.6) is 5.75 Å². The summed E-state index contributed by atoms with van der Waals surface area (Å²) in [6.45, 7) is 2.65. The van der Waals surface area contributed by atoms with Crippen molar-refractivity contribution in [2.24, 2.45) is 11.8 Å². The largest absolute Gasteiger partial charge is 0.494 e. The molecule has 0 aliphatic carbocycles. The molecule has 3 aliphatic rings. The Kier molecular flexibility index (Phi) is 6.42. The first kappa shape index (κ1) is 25.5. The third-order valence-corrected chi connectivity index (χ3v) is 7.89. The van der Waals surface area contributed by atoms with E-state index in [-0.39, 0.29) is 17.2 Å². The number of unbranched alkanes of at least 4 members (excludes halogenated alkanes) is 1. The molecule has 6 rings (SSSR count). The number of nitrogens with zero attached hydrogens (tertiary/aromatic N) is 3. The average Bonchev–Trinajstić information content (AvgIpc) is 3.45. The molecule has 2 amide bonds. The van der Waals surface area contributed by atoms with Gasteiger partial charge >= 0.3 is 0 Å². The lowest BCUT2D eigenvalue weighted by Gasteiger charge is -2.36. The van der Waals surface area contributed by atoms with E-state index in [1.807, 2.05) is 41.3 Å². The van der Waals surface area contributed by atoms with Crippen LogP contribution in [0.2, 0.25) is 0 Å². The van der Waals surface area contributed by atoms with Gasteiger partial charge in [0, 0.05) is 23.4 Å². The van der Waals surface area contributed by atoms with Crippen LogP contribution in [0.3, 0.4) is 0 Å². The molecule has 0 saturated carbocycles. The zero-order valence-corrected chi connectivity index (χ0v) is 21.8. The molecule has 3 aromatic rings. The first-order valence-electron chi connectivity index (χ1n) is 13.4. The van der Waals surface area contributed by atoms with Gasteiger partial charge in [-0.3, -0.25) is 24.5 Å².